The maximum absolute atomic E-state index is 13.4. The number of carbonyl (C=O) groups excluding carboxylic acids is 1. The summed E-state index contributed by atoms with van der Waals surface area (Å²) in [5.74, 6) is 0.00261. The minimum absolute atomic E-state index is 0.00261. The van der Waals surface area contributed by atoms with Crippen molar-refractivity contribution >= 4 is 34.3 Å². The first-order chi connectivity index (χ1) is 13.8. The van der Waals surface area contributed by atoms with Crippen molar-refractivity contribution in [2.75, 3.05) is 10.2 Å². The zero-order chi connectivity index (χ0) is 18.9. The highest BCUT2D eigenvalue weighted by Crippen LogP contribution is 2.36. The van der Waals surface area contributed by atoms with Gasteiger partial charge in [0.25, 0.3) is 5.91 Å². The zero-order valence-corrected chi connectivity index (χ0v) is 15.9. The molecule has 0 saturated carbocycles. The summed E-state index contributed by atoms with van der Waals surface area (Å²) in [5.41, 5.74) is 6.97. The van der Waals surface area contributed by atoms with Gasteiger partial charge in [0.05, 0.1) is 17.9 Å². The second kappa shape index (κ2) is 6.98. The second-order valence-electron chi connectivity index (χ2n) is 6.78. The minimum Gasteiger partial charge on any atom is -0.354 e. The Hall–Kier alpha value is -3.37. The number of hydrogen-bond donors (Lipinski definition) is 1. The van der Waals surface area contributed by atoms with E-state index in [2.05, 4.69) is 34.3 Å². The Morgan fingerprint density at radius 3 is 2.36 bits per heavy atom. The van der Waals surface area contributed by atoms with Gasteiger partial charge in [0, 0.05) is 11.3 Å². The number of rotatable bonds is 2. The molecule has 3 aromatic carbocycles. The lowest BCUT2D eigenvalue weighted by atomic mass is 10.1. The highest BCUT2D eigenvalue weighted by molar-refractivity contribution is 7.08. The third-order valence-electron chi connectivity index (χ3n) is 5.04. The number of para-hydroxylation sites is 3. The third kappa shape index (κ3) is 2.98. The summed E-state index contributed by atoms with van der Waals surface area (Å²) >= 11 is 1.67. The number of benzene rings is 3. The van der Waals surface area contributed by atoms with E-state index in [0.29, 0.717) is 12.1 Å². The first kappa shape index (κ1) is 16.8. The average molecular weight is 382 g/mol. The fraction of sp³-hybridized carbons (Fsp3) is 0.0417. The molecule has 0 bridgehead atoms. The van der Waals surface area contributed by atoms with Crippen molar-refractivity contribution in [3.63, 3.8) is 0 Å². The molecule has 0 fully saturated rings. The van der Waals surface area contributed by atoms with Crippen LogP contribution in [0.4, 0.5) is 17.1 Å². The van der Waals surface area contributed by atoms with Crippen LogP contribution in [0.5, 0.6) is 0 Å². The Morgan fingerprint density at radius 1 is 0.821 bits per heavy atom. The molecule has 0 aliphatic carbocycles. The fourth-order valence-corrected chi connectivity index (χ4v) is 4.23. The van der Waals surface area contributed by atoms with Crippen LogP contribution in [0.15, 0.2) is 89.6 Å². The molecule has 0 radical (unpaired) electrons. The van der Waals surface area contributed by atoms with E-state index in [1.165, 1.54) is 5.56 Å². The molecule has 1 aliphatic rings. The maximum atomic E-state index is 13.4. The third-order valence-corrected chi connectivity index (χ3v) is 5.72. The van der Waals surface area contributed by atoms with Gasteiger partial charge in [0.1, 0.15) is 0 Å². The quantitative estimate of drug-likeness (QED) is 0.440. The van der Waals surface area contributed by atoms with Crippen molar-refractivity contribution in [1.29, 1.82) is 0 Å². The number of amides is 1. The average Bonchev–Trinajstić information content (AvgIpc) is 3.22. The van der Waals surface area contributed by atoms with Gasteiger partial charge in [-0.2, -0.15) is 11.3 Å². The summed E-state index contributed by atoms with van der Waals surface area (Å²) in [4.78, 5) is 15.3. The van der Waals surface area contributed by atoms with Crippen molar-refractivity contribution in [1.82, 2.24) is 0 Å². The smallest absolute Gasteiger partial charge is 0.258 e. The Labute approximate surface area is 167 Å². The van der Waals surface area contributed by atoms with Gasteiger partial charge in [-0.15, -0.1) is 0 Å². The van der Waals surface area contributed by atoms with Crippen LogP contribution in [0.25, 0.3) is 11.1 Å². The van der Waals surface area contributed by atoms with Crippen LogP contribution in [0.1, 0.15) is 15.9 Å². The fourth-order valence-electron chi connectivity index (χ4n) is 3.57. The number of nitrogens with one attached hydrogen (secondary N) is 1. The lowest BCUT2D eigenvalue weighted by Gasteiger charge is -2.23. The second-order valence-corrected chi connectivity index (χ2v) is 7.56. The van der Waals surface area contributed by atoms with Gasteiger partial charge in [0.15, 0.2) is 0 Å². The minimum atomic E-state index is 0.00261. The number of carbonyl (C=O) groups is 1. The molecule has 0 unspecified atom stereocenters. The van der Waals surface area contributed by atoms with Crippen molar-refractivity contribution < 1.29 is 4.79 Å². The van der Waals surface area contributed by atoms with Crippen LogP contribution in [-0.2, 0) is 6.54 Å². The molecule has 4 heteroatoms. The van der Waals surface area contributed by atoms with E-state index in [1.807, 2.05) is 65.6 Å². The standard InChI is InChI=1S/C24H18N2OS/c27-24(18-11-9-17(10-12-18)20-13-14-28-16-20)26-15-19-5-1-2-6-21(19)25-22-7-3-4-8-23(22)26/h1-14,16,25H,15H2. The van der Waals surface area contributed by atoms with Crippen LogP contribution >= 0.6 is 11.3 Å². The van der Waals surface area contributed by atoms with Crippen molar-refractivity contribution in [2.24, 2.45) is 0 Å². The number of hydrogen-bond acceptors (Lipinski definition) is 3. The van der Waals surface area contributed by atoms with Crippen molar-refractivity contribution in [3.8, 4) is 11.1 Å². The molecule has 28 heavy (non-hydrogen) atoms. The SMILES string of the molecule is O=C(c1ccc(-c2ccsc2)cc1)N1Cc2ccccc2Nc2ccccc21. The normalized spacial score (nSPS) is 12.5. The molecule has 1 N–H and O–H groups in total. The lowest BCUT2D eigenvalue weighted by molar-refractivity contribution is 0.0985. The van der Waals surface area contributed by atoms with Gasteiger partial charge in [-0.1, -0.05) is 42.5 Å². The first-order valence-corrected chi connectivity index (χ1v) is 10.1. The predicted molar refractivity (Wildman–Crippen MR) is 116 cm³/mol. The predicted octanol–water partition coefficient (Wildman–Crippen LogP) is 6.32. The Kier molecular flexibility index (Phi) is 4.18. The van der Waals surface area contributed by atoms with Gasteiger partial charge < -0.3 is 10.2 Å². The first-order valence-electron chi connectivity index (χ1n) is 9.18. The van der Waals surface area contributed by atoms with Gasteiger partial charge in [-0.05, 0) is 63.8 Å². The molecule has 0 atom stereocenters. The molecular weight excluding hydrogens is 364 g/mol. The summed E-state index contributed by atoms with van der Waals surface area (Å²) in [6, 6.07) is 26.1. The van der Waals surface area contributed by atoms with E-state index in [4.69, 9.17) is 0 Å². The van der Waals surface area contributed by atoms with Gasteiger partial charge in [-0.25, -0.2) is 0 Å². The summed E-state index contributed by atoms with van der Waals surface area (Å²) in [6.45, 7) is 0.533. The van der Waals surface area contributed by atoms with Crippen LogP contribution in [0.2, 0.25) is 0 Å². The van der Waals surface area contributed by atoms with Crippen LogP contribution in [-0.4, -0.2) is 5.91 Å². The van der Waals surface area contributed by atoms with Gasteiger partial charge in [0.2, 0.25) is 0 Å². The molecule has 2 heterocycles. The topological polar surface area (TPSA) is 32.3 Å². The maximum Gasteiger partial charge on any atom is 0.258 e. The number of nitrogens with zero attached hydrogens (tertiary/aromatic N) is 1. The molecule has 4 aromatic rings. The summed E-state index contributed by atoms with van der Waals surface area (Å²) in [7, 11) is 0. The highest BCUT2D eigenvalue weighted by atomic mass is 32.1. The number of anilines is 3. The zero-order valence-electron chi connectivity index (χ0n) is 15.1. The number of thiophene rings is 1. The number of fused-ring (bicyclic) bond motifs is 2. The molecule has 0 saturated heterocycles. The lowest BCUT2D eigenvalue weighted by Crippen LogP contribution is -2.30. The molecule has 136 valence electrons. The molecule has 0 spiro atoms. The van der Waals surface area contributed by atoms with Crippen LogP contribution < -0.4 is 10.2 Å². The Balaban J connectivity index is 1.53. The summed E-state index contributed by atoms with van der Waals surface area (Å²) < 4.78 is 0. The molecule has 1 aliphatic heterocycles. The molecule has 1 aromatic heterocycles. The van der Waals surface area contributed by atoms with E-state index in [-0.39, 0.29) is 5.91 Å². The van der Waals surface area contributed by atoms with E-state index in [1.54, 1.807) is 11.3 Å². The Bertz CT molecular complexity index is 1130. The van der Waals surface area contributed by atoms with E-state index >= 15 is 0 Å². The van der Waals surface area contributed by atoms with Gasteiger partial charge >= 0.3 is 0 Å². The van der Waals surface area contributed by atoms with Crippen LogP contribution in [0, 0.1) is 0 Å². The van der Waals surface area contributed by atoms with E-state index in [9.17, 15) is 4.79 Å². The highest BCUT2D eigenvalue weighted by Gasteiger charge is 2.24. The monoisotopic (exact) mass is 382 g/mol. The van der Waals surface area contributed by atoms with E-state index < -0.39 is 0 Å². The molecular formula is C24H18N2OS. The Morgan fingerprint density at radius 2 is 1.57 bits per heavy atom. The van der Waals surface area contributed by atoms with E-state index in [0.717, 1.165) is 28.2 Å². The molecule has 1 amide bonds. The van der Waals surface area contributed by atoms with Crippen molar-refractivity contribution in [3.05, 3.63) is 101 Å². The summed E-state index contributed by atoms with van der Waals surface area (Å²) in [5, 5.41) is 7.65. The summed E-state index contributed by atoms with van der Waals surface area (Å²) in [6.07, 6.45) is 0. The van der Waals surface area contributed by atoms with Crippen molar-refractivity contribution in [2.45, 2.75) is 6.54 Å². The largest absolute Gasteiger partial charge is 0.354 e. The van der Waals surface area contributed by atoms with Gasteiger partial charge in [-0.3, -0.25) is 4.79 Å². The molecule has 5 rings (SSSR count). The van der Waals surface area contributed by atoms with Crippen LogP contribution in [0.3, 0.4) is 0 Å². The molecule has 3 nitrogen and oxygen atoms in total.